The molecule has 138 valence electrons. The zero-order chi connectivity index (χ0) is 17.5. The van der Waals surface area contributed by atoms with E-state index < -0.39 is 0 Å². The molecule has 1 amide bonds. The molecule has 0 saturated carbocycles. The van der Waals surface area contributed by atoms with Crippen LogP contribution in [0.15, 0.2) is 29.2 Å². The van der Waals surface area contributed by atoms with Crippen molar-refractivity contribution in [2.45, 2.75) is 43.5 Å². The van der Waals surface area contributed by atoms with Crippen molar-refractivity contribution in [1.29, 1.82) is 0 Å². The largest absolute Gasteiger partial charge is 0.333 e. The quantitative estimate of drug-likeness (QED) is 0.715. The molecule has 2 aliphatic rings. The number of amides is 1. The molecule has 2 saturated heterocycles. The van der Waals surface area contributed by atoms with E-state index in [1.807, 2.05) is 30.0 Å². The Morgan fingerprint density at radius 2 is 1.96 bits per heavy atom. The molecular weight excluding hydrogens is 348 g/mol. The lowest BCUT2D eigenvalue weighted by Gasteiger charge is -2.36. The molecule has 2 heterocycles. The zero-order valence-electron chi connectivity index (χ0n) is 15.3. The van der Waals surface area contributed by atoms with Crippen LogP contribution in [-0.4, -0.2) is 65.2 Å². The molecular formula is C20H30N2OS2. The summed E-state index contributed by atoms with van der Waals surface area (Å²) in [6.07, 6.45) is 5.09. The van der Waals surface area contributed by atoms with E-state index in [9.17, 15) is 4.79 Å². The van der Waals surface area contributed by atoms with E-state index in [4.69, 9.17) is 0 Å². The maximum absolute atomic E-state index is 13.4. The van der Waals surface area contributed by atoms with Crippen molar-refractivity contribution in [3.8, 4) is 0 Å². The fourth-order valence-corrected chi connectivity index (χ4v) is 5.62. The summed E-state index contributed by atoms with van der Waals surface area (Å²) in [5.74, 6) is 3.48. The second-order valence-corrected chi connectivity index (χ2v) is 9.33. The number of piperidine rings is 1. The molecule has 1 aromatic rings. The summed E-state index contributed by atoms with van der Waals surface area (Å²) < 4.78 is 0. The van der Waals surface area contributed by atoms with E-state index in [-0.39, 0.29) is 5.91 Å². The number of nitrogens with zero attached hydrogens (tertiary/aromatic N) is 2. The highest BCUT2D eigenvalue weighted by Gasteiger charge is 2.29. The molecule has 0 radical (unpaired) electrons. The van der Waals surface area contributed by atoms with Gasteiger partial charge in [0.05, 0.1) is 11.6 Å². The lowest BCUT2D eigenvalue weighted by molar-refractivity contribution is 0.0642. The standard InChI is InChI=1S/C20H30N2OS2/c1-2-25-19-10-5-4-9-18(19)20(23)22-13-8-14-24-16-17(22)15-21-11-6-3-7-12-21/h4-5,9-10,17H,2-3,6-8,11-16H2,1H3. The van der Waals surface area contributed by atoms with E-state index in [1.165, 1.54) is 38.1 Å². The molecule has 0 spiro atoms. The molecule has 3 nitrogen and oxygen atoms in total. The lowest BCUT2D eigenvalue weighted by atomic mass is 10.1. The first kappa shape index (κ1) is 19.1. The zero-order valence-corrected chi connectivity index (χ0v) is 16.9. The molecule has 1 atom stereocenters. The second kappa shape index (κ2) is 9.89. The van der Waals surface area contributed by atoms with Crippen molar-refractivity contribution < 1.29 is 4.79 Å². The summed E-state index contributed by atoms with van der Waals surface area (Å²) in [5.41, 5.74) is 0.893. The van der Waals surface area contributed by atoms with E-state index in [2.05, 4.69) is 22.8 Å². The third kappa shape index (κ3) is 5.18. The highest BCUT2D eigenvalue weighted by Crippen LogP contribution is 2.26. The molecule has 1 unspecified atom stereocenters. The number of hydrogen-bond acceptors (Lipinski definition) is 4. The smallest absolute Gasteiger partial charge is 0.255 e. The number of carbonyl (C=O) groups is 1. The van der Waals surface area contributed by atoms with E-state index in [1.54, 1.807) is 11.8 Å². The number of benzene rings is 1. The average Bonchev–Trinajstić information content (AvgIpc) is 2.88. The normalized spacial score (nSPS) is 22.6. The van der Waals surface area contributed by atoms with Gasteiger partial charge < -0.3 is 9.80 Å². The van der Waals surface area contributed by atoms with Crippen LogP contribution in [0.1, 0.15) is 43.0 Å². The van der Waals surface area contributed by atoms with Gasteiger partial charge >= 0.3 is 0 Å². The Kier molecular flexibility index (Phi) is 7.56. The van der Waals surface area contributed by atoms with Gasteiger partial charge in [-0.15, -0.1) is 11.8 Å². The van der Waals surface area contributed by atoms with Gasteiger partial charge in [0.1, 0.15) is 0 Å². The van der Waals surface area contributed by atoms with Gasteiger partial charge in [-0.1, -0.05) is 25.5 Å². The Labute approximate surface area is 160 Å². The first-order chi connectivity index (χ1) is 12.3. The van der Waals surface area contributed by atoms with Gasteiger partial charge in [0.15, 0.2) is 0 Å². The maximum atomic E-state index is 13.4. The summed E-state index contributed by atoms with van der Waals surface area (Å²) >= 11 is 3.79. The van der Waals surface area contributed by atoms with Crippen LogP contribution in [0.2, 0.25) is 0 Å². The minimum absolute atomic E-state index is 0.237. The first-order valence-electron chi connectivity index (χ1n) is 9.62. The highest BCUT2D eigenvalue weighted by atomic mass is 32.2. The number of likely N-dealkylation sites (tertiary alicyclic amines) is 1. The summed E-state index contributed by atoms with van der Waals surface area (Å²) in [6.45, 7) is 6.49. The molecule has 5 heteroatoms. The fraction of sp³-hybridized carbons (Fsp3) is 0.650. The van der Waals surface area contributed by atoms with Crippen molar-refractivity contribution >= 4 is 29.4 Å². The lowest BCUT2D eigenvalue weighted by Crippen LogP contribution is -2.49. The molecule has 25 heavy (non-hydrogen) atoms. The molecule has 0 aliphatic carbocycles. The average molecular weight is 379 g/mol. The molecule has 1 aromatic carbocycles. The van der Waals surface area contributed by atoms with Crippen molar-refractivity contribution in [3.05, 3.63) is 29.8 Å². The van der Waals surface area contributed by atoms with Gasteiger partial charge in [0.2, 0.25) is 0 Å². The number of rotatable bonds is 5. The molecule has 3 rings (SSSR count). The van der Waals surface area contributed by atoms with Crippen LogP contribution in [0, 0.1) is 0 Å². The van der Waals surface area contributed by atoms with Crippen molar-refractivity contribution in [1.82, 2.24) is 9.80 Å². The Morgan fingerprint density at radius 1 is 1.16 bits per heavy atom. The summed E-state index contributed by atoms with van der Waals surface area (Å²) in [6, 6.07) is 8.49. The van der Waals surface area contributed by atoms with E-state index in [0.717, 1.165) is 41.5 Å². The predicted octanol–water partition coefficient (Wildman–Crippen LogP) is 4.23. The third-order valence-electron chi connectivity index (χ3n) is 5.03. The summed E-state index contributed by atoms with van der Waals surface area (Å²) in [4.78, 5) is 19.3. The van der Waals surface area contributed by atoms with Crippen LogP contribution in [0.25, 0.3) is 0 Å². The molecule has 0 N–H and O–H groups in total. The van der Waals surface area contributed by atoms with Crippen LogP contribution >= 0.6 is 23.5 Å². The minimum atomic E-state index is 0.237. The van der Waals surface area contributed by atoms with Gasteiger partial charge in [-0.05, 0) is 56.0 Å². The first-order valence-corrected chi connectivity index (χ1v) is 11.8. The van der Waals surface area contributed by atoms with Crippen LogP contribution < -0.4 is 0 Å². The number of hydrogen-bond donors (Lipinski definition) is 0. The van der Waals surface area contributed by atoms with E-state index >= 15 is 0 Å². The Bertz CT molecular complexity index is 560. The van der Waals surface area contributed by atoms with Gasteiger partial charge in [0.25, 0.3) is 5.91 Å². The SMILES string of the molecule is CCSc1ccccc1C(=O)N1CCCSCC1CN1CCCCC1. The van der Waals surface area contributed by atoms with Crippen molar-refractivity contribution in [2.75, 3.05) is 43.4 Å². The number of carbonyl (C=O) groups excluding carboxylic acids is 1. The maximum Gasteiger partial charge on any atom is 0.255 e. The Balaban J connectivity index is 1.77. The topological polar surface area (TPSA) is 23.6 Å². The van der Waals surface area contributed by atoms with Crippen LogP contribution in [0.3, 0.4) is 0 Å². The predicted molar refractivity (Wildman–Crippen MR) is 110 cm³/mol. The van der Waals surface area contributed by atoms with Gasteiger partial charge in [-0.2, -0.15) is 11.8 Å². The Hall–Kier alpha value is -0.650. The fourth-order valence-electron chi connectivity index (χ4n) is 3.77. The molecule has 2 aliphatic heterocycles. The molecule has 0 bridgehead atoms. The highest BCUT2D eigenvalue weighted by molar-refractivity contribution is 7.99. The molecule has 0 aromatic heterocycles. The van der Waals surface area contributed by atoms with Crippen molar-refractivity contribution in [3.63, 3.8) is 0 Å². The van der Waals surface area contributed by atoms with Crippen LogP contribution in [0.5, 0.6) is 0 Å². The van der Waals surface area contributed by atoms with Crippen LogP contribution in [0.4, 0.5) is 0 Å². The van der Waals surface area contributed by atoms with E-state index in [0.29, 0.717) is 6.04 Å². The van der Waals surface area contributed by atoms with Crippen molar-refractivity contribution in [2.24, 2.45) is 0 Å². The third-order valence-corrected chi connectivity index (χ3v) is 7.19. The van der Waals surface area contributed by atoms with Gasteiger partial charge in [-0.3, -0.25) is 4.79 Å². The summed E-state index contributed by atoms with van der Waals surface area (Å²) in [5, 5.41) is 0. The van der Waals surface area contributed by atoms with Crippen LogP contribution in [-0.2, 0) is 0 Å². The Morgan fingerprint density at radius 3 is 2.76 bits per heavy atom. The van der Waals surface area contributed by atoms with Gasteiger partial charge in [0, 0.05) is 23.7 Å². The molecule has 2 fully saturated rings. The second-order valence-electron chi connectivity index (χ2n) is 6.87. The number of thioether (sulfide) groups is 2. The minimum Gasteiger partial charge on any atom is -0.333 e. The van der Waals surface area contributed by atoms with Gasteiger partial charge in [-0.25, -0.2) is 0 Å². The monoisotopic (exact) mass is 378 g/mol. The summed E-state index contributed by atoms with van der Waals surface area (Å²) in [7, 11) is 0.